The third-order valence-corrected chi connectivity index (χ3v) is 5.65. The van der Waals surface area contributed by atoms with Gasteiger partial charge >= 0.3 is 0 Å². The van der Waals surface area contributed by atoms with Gasteiger partial charge in [-0.2, -0.15) is 0 Å². The van der Waals surface area contributed by atoms with Crippen molar-refractivity contribution in [1.82, 2.24) is 5.32 Å². The van der Waals surface area contributed by atoms with Crippen LogP contribution >= 0.6 is 23.5 Å². The Balaban J connectivity index is 1.98. The van der Waals surface area contributed by atoms with E-state index in [4.69, 9.17) is 0 Å². The maximum atomic E-state index is 3.48. The first-order valence-electron chi connectivity index (χ1n) is 3.90. The molecule has 1 spiro atoms. The fraction of sp³-hybridized carbons (Fsp3) is 1.00. The fourth-order valence-corrected chi connectivity index (χ4v) is 4.82. The first-order valence-corrected chi connectivity index (χ1v) is 5.87. The van der Waals surface area contributed by atoms with Crippen molar-refractivity contribution < 1.29 is 0 Å². The molecule has 0 amide bonds. The van der Waals surface area contributed by atoms with Crippen LogP contribution in [-0.4, -0.2) is 28.7 Å². The van der Waals surface area contributed by atoms with E-state index in [0.717, 1.165) is 0 Å². The molecule has 0 aliphatic carbocycles. The zero-order valence-corrected chi connectivity index (χ0v) is 7.69. The van der Waals surface area contributed by atoms with Gasteiger partial charge in [0.1, 0.15) is 0 Å². The molecular weight excluding hydrogens is 162 g/mol. The minimum Gasteiger partial charge on any atom is -0.315 e. The zero-order valence-electron chi connectivity index (χ0n) is 6.06. The average Bonchev–Trinajstić information content (AvgIpc) is 2.39. The van der Waals surface area contributed by atoms with Crippen molar-refractivity contribution in [2.24, 2.45) is 0 Å². The van der Waals surface area contributed by atoms with Crippen molar-refractivity contribution in [3.63, 3.8) is 0 Å². The summed E-state index contributed by atoms with van der Waals surface area (Å²) in [6.07, 6.45) is 2.80. The van der Waals surface area contributed by atoms with Crippen LogP contribution < -0.4 is 5.32 Å². The summed E-state index contributed by atoms with van der Waals surface area (Å²) in [5.74, 6) is 2.73. The molecular formula is C7H13NS2. The summed E-state index contributed by atoms with van der Waals surface area (Å²) < 4.78 is 0.595. The van der Waals surface area contributed by atoms with Crippen LogP contribution in [-0.2, 0) is 0 Å². The van der Waals surface area contributed by atoms with Crippen LogP contribution in [0.1, 0.15) is 12.8 Å². The van der Waals surface area contributed by atoms with E-state index in [0.29, 0.717) is 4.08 Å². The van der Waals surface area contributed by atoms with Crippen LogP contribution in [0.15, 0.2) is 0 Å². The Morgan fingerprint density at radius 1 is 1.20 bits per heavy atom. The number of hydrogen-bond acceptors (Lipinski definition) is 3. The van der Waals surface area contributed by atoms with E-state index in [-0.39, 0.29) is 0 Å². The highest BCUT2D eigenvalue weighted by molar-refractivity contribution is 8.21. The lowest BCUT2D eigenvalue weighted by Crippen LogP contribution is -2.39. The molecule has 58 valence electrons. The summed E-state index contributed by atoms with van der Waals surface area (Å²) in [7, 11) is 0. The van der Waals surface area contributed by atoms with E-state index in [9.17, 15) is 0 Å². The lowest BCUT2D eigenvalue weighted by atomic mass is 10.1. The van der Waals surface area contributed by atoms with Crippen molar-refractivity contribution in [1.29, 1.82) is 0 Å². The molecule has 0 aromatic rings. The van der Waals surface area contributed by atoms with Crippen molar-refractivity contribution in [3.8, 4) is 0 Å². The van der Waals surface area contributed by atoms with Crippen molar-refractivity contribution in [2.75, 3.05) is 24.6 Å². The van der Waals surface area contributed by atoms with Gasteiger partial charge in [-0.15, -0.1) is 23.5 Å². The van der Waals surface area contributed by atoms with Crippen LogP contribution in [0.2, 0.25) is 0 Å². The first-order chi connectivity index (χ1) is 4.91. The van der Waals surface area contributed by atoms with E-state index in [1.807, 2.05) is 0 Å². The van der Waals surface area contributed by atoms with E-state index in [2.05, 4.69) is 28.8 Å². The Bertz CT molecular complexity index is 113. The third-order valence-electron chi connectivity index (χ3n) is 2.12. The lowest BCUT2D eigenvalue weighted by Gasteiger charge is -2.31. The summed E-state index contributed by atoms with van der Waals surface area (Å²) in [6.45, 7) is 2.48. The summed E-state index contributed by atoms with van der Waals surface area (Å²) >= 11 is 4.33. The van der Waals surface area contributed by atoms with Gasteiger partial charge in [-0.25, -0.2) is 0 Å². The lowest BCUT2D eigenvalue weighted by molar-refractivity contribution is 0.509. The quantitative estimate of drug-likeness (QED) is 0.600. The second kappa shape index (κ2) is 2.95. The normalized spacial score (nSPS) is 31.2. The van der Waals surface area contributed by atoms with Gasteiger partial charge in [0.25, 0.3) is 0 Å². The SMILES string of the molecule is C1CNCC2(C1)SCCS2. The van der Waals surface area contributed by atoms with E-state index >= 15 is 0 Å². The maximum Gasteiger partial charge on any atom is 0.0735 e. The first kappa shape index (κ1) is 7.32. The molecule has 1 nitrogen and oxygen atoms in total. The second-order valence-corrected chi connectivity index (χ2v) is 6.10. The number of nitrogens with one attached hydrogen (secondary N) is 1. The molecule has 10 heavy (non-hydrogen) atoms. The highest BCUT2D eigenvalue weighted by atomic mass is 32.2. The standard InChI is InChI=1S/C7H13NS2/c1-2-7(6-8-3-1)9-4-5-10-7/h8H,1-6H2. The molecule has 2 heterocycles. The Hall–Kier alpha value is 0.660. The number of rotatable bonds is 0. The van der Waals surface area contributed by atoms with Crippen molar-refractivity contribution in [3.05, 3.63) is 0 Å². The van der Waals surface area contributed by atoms with Gasteiger partial charge in [0.15, 0.2) is 0 Å². The molecule has 3 heteroatoms. The van der Waals surface area contributed by atoms with Crippen LogP contribution in [0.25, 0.3) is 0 Å². The molecule has 0 aromatic carbocycles. The van der Waals surface area contributed by atoms with Gasteiger partial charge in [-0.3, -0.25) is 0 Å². The van der Waals surface area contributed by atoms with Gasteiger partial charge < -0.3 is 5.32 Å². The molecule has 2 rings (SSSR count). The predicted molar refractivity (Wildman–Crippen MR) is 49.8 cm³/mol. The minimum absolute atomic E-state index is 0.595. The molecule has 1 N–H and O–H groups in total. The molecule has 2 saturated heterocycles. The third kappa shape index (κ3) is 1.31. The average molecular weight is 175 g/mol. The number of piperidine rings is 1. The zero-order chi connectivity index (χ0) is 6.86. The largest absolute Gasteiger partial charge is 0.315 e. The van der Waals surface area contributed by atoms with E-state index in [1.54, 1.807) is 0 Å². The molecule has 2 fully saturated rings. The highest BCUT2D eigenvalue weighted by Gasteiger charge is 2.36. The Kier molecular flexibility index (Phi) is 2.16. The summed E-state index contributed by atoms with van der Waals surface area (Å²) in [5, 5.41) is 3.48. The second-order valence-electron chi connectivity index (χ2n) is 2.89. The summed E-state index contributed by atoms with van der Waals surface area (Å²) in [5.41, 5.74) is 0. The number of hydrogen-bond donors (Lipinski definition) is 1. The van der Waals surface area contributed by atoms with Gasteiger partial charge in [0.2, 0.25) is 0 Å². The molecule has 0 atom stereocenters. The van der Waals surface area contributed by atoms with Gasteiger partial charge in [-0.1, -0.05) is 0 Å². The summed E-state index contributed by atoms with van der Waals surface area (Å²) in [6, 6.07) is 0. The molecule has 0 bridgehead atoms. The highest BCUT2D eigenvalue weighted by Crippen LogP contribution is 2.47. The summed E-state index contributed by atoms with van der Waals surface area (Å²) in [4.78, 5) is 0. The van der Waals surface area contributed by atoms with E-state index < -0.39 is 0 Å². The molecule has 0 radical (unpaired) electrons. The minimum atomic E-state index is 0.595. The smallest absolute Gasteiger partial charge is 0.0735 e. The monoisotopic (exact) mass is 175 g/mol. The Morgan fingerprint density at radius 3 is 2.60 bits per heavy atom. The van der Waals surface area contributed by atoms with Gasteiger partial charge in [0.05, 0.1) is 4.08 Å². The fourth-order valence-electron chi connectivity index (χ4n) is 1.59. The van der Waals surface area contributed by atoms with Crippen LogP contribution in [0.3, 0.4) is 0 Å². The van der Waals surface area contributed by atoms with Crippen molar-refractivity contribution in [2.45, 2.75) is 16.9 Å². The molecule has 0 unspecified atom stereocenters. The van der Waals surface area contributed by atoms with Gasteiger partial charge in [-0.05, 0) is 19.4 Å². The Morgan fingerprint density at radius 2 is 2.00 bits per heavy atom. The van der Waals surface area contributed by atoms with Crippen molar-refractivity contribution >= 4 is 23.5 Å². The predicted octanol–water partition coefficient (Wildman–Crippen LogP) is 1.55. The number of thioether (sulfide) groups is 2. The maximum absolute atomic E-state index is 3.48. The molecule has 0 saturated carbocycles. The van der Waals surface area contributed by atoms with Gasteiger partial charge in [0, 0.05) is 18.1 Å². The molecule has 0 aromatic heterocycles. The van der Waals surface area contributed by atoms with E-state index in [1.165, 1.54) is 37.4 Å². The van der Waals surface area contributed by atoms with Crippen LogP contribution in [0.5, 0.6) is 0 Å². The topological polar surface area (TPSA) is 12.0 Å². The van der Waals surface area contributed by atoms with Crippen LogP contribution in [0, 0.1) is 0 Å². The molecule has 2 aliphatic heterocycles. The molecule has 2 aliphatic rings. The van der Waals surface area contributed by atoms with Crippen LogP contribution in [0.4, 0.5) is 0 Å². The Labute approximate surface area is 70.7 Å².